The van der Waals surface area contributed by atoms with Crippen LogP contribution in [0.15, 0.2) is 53.4 Å². The van der Waals surface area contributed by atoms with Gasteiger partial charge in [0.2, 0.25) is 0 Å². The maximum absolute atomic E-state index is 12.8. The molecule has 4 nitrogen and oxygen atoms in total. The Kier molecular flexibility index (Phi) is 3.87. The van der Waals surface area contributed by atoms with Gasteiger partial charge in [-0.2, -0.15) is 5.26 Å². The van der Waals surface area contributed by atoms with Gasteiger partial charge >= 0.3 is 0 Å². The van der Waals surface area contributed by atoms with Crippen molar-refractivity contribution in [3.8, 4) is 11.8 Å². The van der Waals surface area contributed by atoms with Gasteiger partial charge in [-0.3, -0.25) is 0 Å². The molecule has 2 aromatic carbocycles. The van der Waals surface area contributed by atoms with E-state index in [1.807, 2.05) is 19.1 Å². The van der Waals surface area contributed by atoms with Crippen LogP contribution in [0.2, 0.25) is 0 Å². The molecule has 0 bridgehead atoms. The minimum atomic E-state index is -3.51. The quantitative estimate of drug-likeness (QED) is 0.865. The zero-order valence-electron chi connectivity index (χ0n) is 12.9. The van der Waals surface area contributed by atoms with Crippen LogP contribution in [0.5, 0.6) is 5.75 Å². The molecule has 3 atom stereocenters. The van der Waals surface area contributed by atoms with Crippen LogP contribution in [0.1, 0.15) is 17.0 Å². The summed E-state index contributed by atoms with van der Waals surface area (Å²) in [5.74, 6) is -0.0762. The molecule has 5 heteroatoms. The van der Waals surface area contributed by atoms with Crippen molar-refractivity contribution in [1.29, 1.82) is 5.26 Å². The monoisotopic (exact) mass is 327 g/mol. The molecular formula is C18H17NO3S. The molecule has 0 saturated heterocycles. The Balaban J connectivity index is 1.92. The van der Waals surface area contributed by atoms with Crippen molar-refractivity contribution in [3.05, 3.63) is 59.7 Å². The van der Waals surface area contributed by atoms with Gasteiger partial charge in [0.1, 0.15) is 5.75 Å². The lowest BCUT2D eigenvalue weighted by Crippen LogP contribution is -2.10. The standard InChI is InChI=1S/C18H17NO3S/c1-12-3-9-15(10-4-12)23(20,21)18-16(11-19)17(18)13-5-7-14(22-2)8-6-13/h3-10,16-18H,1-2H3/t16-,17-,18+/m1/s1. The molecule has 0 N–H and O–H groups in total. The number of benzene rings is 2. The number of methoxy groups -OCH3 is 1. The van der Waals surface area contributed by atoms with E-state index in [2.05, 4.69) is 6.07 Å². The fraction of sp³-hybridized carbons (Fsp3) is 0.278. The molecule has 0 aromatic heterocycles. The summed E-state index contributed by atoms with van der Waals surface area (Å²) >= 11 is 0. The van der Waals surface area contributed by atoms with Gasteiger partial charge in [0.25, 0.3) is 0 Å². The number of ether oxygens (including phenoxy) is 1. The van der Waals surface area contributed by atoms with Gasteiger partial charge in [-0.25, -0.2) is 8.42 Å². The Bertz CT molecular complexity index is 849. The highest BCUT2D eigenvalue weighted by molar-refractivity contribution is 7.92. The summed E-state index contributed by atoms with van der Waals surface area (Å²) in [4.78, 5) is 0.282. The number of hydrogen-bond acceptors (Lipinski definition) is 4. The molecule has 3 rings (SSSR count). The van der Waals surface area contributed by atoms with Gasteiger partial charge in [-0.05, 0) is 36.8 Å². The normalized spacial score (nSPS) is 23.1. The number of sulfone groups is 1. The summed E-state index contributed by atoms with van der Waals surface area (Å²) in [6, 6.07) is 16.2. The lowest BCUT2D eigenvalue weighted by molar-refractivity contribution is 0.414. The van der Waals surface area contributed by atoms with Crippen LogP contribution in [-0.4, -0.2) is 20.8 Å². The number of rotatable bonds is 4. The summed E-state index contributed by atoms with van der Waals surface area (Å²) < 4.78 is 30.7. The summed E-state index contributed by atoms with van der Waals surface area (Å²) in [7, 11) is -1.93. The number of nitriles is 1. The van der Waals surface area contributed by atoms with E-state index >= 15 is 0 Å². The van der Waals surface area contributed by atoms with Crippen molar-refractivity contribution in [2.45, 2.75) is 23.0 Å². The first-order chi connectivity index (χ1) is 11.0. The van der Waals surface area contributed by atoms with Crippen molar-refractivity contribution in [2.75, 3.05) is 7.11 Å². The Labute approximate surface area is 136 Å². The van der Waals surface area contributed by atoms with Crippen molar-refractivity contribution in [3.63, 3.8) is 0 Å². The van der Waals surface area contributed by atoms with Crippen LogP contribution < -0.4 is 4.74 Å². The Morgan fingerprint density at radius 1 is 1.04 bits per heavy atom. The van der Waals surface area contributed by atoms with E-state index in [9.17, 15) is 13.7 Å². The van der Waals surface area contributed by atoms with E-state index < -0.39 is 21.0 Å². The largest absolute Gasteiger partial charge is 0.497 e. The minimum absolute atomic E-state index is 0.280. The second-order valence-electron chi connectivity index (χ2n) is 5.78. The van der Waals surface area contributed by atoms with Gasteiger partial charge < -0.3 is 4.74 Å². The van der Waals surface area contributed by atoms with Gasteiger partial charge in [0, 0.05) is 5.92 Å². The lowest BCUT2D eigenvalue weighted by atomic mass is 10.1. The molecule has 0 spiro atoms. The van der Waals surface area contributed by atoms with Crippen molar-refractivity contribution >= 4 is 9.84 Å². The third-order valence-corrected chi connectivity index (χ3v) is 6.54. The van der Waals surface area contributed by atoms with Crippen molar-refractivity contribution < 1.29 is 13.2 Å². The van der Waals surface area contributed by atoms with Crippen LogP contribution >= 0.6 is 0 Å². The third-order valence-electron chi connectivity index (χ3n) is 4.31. The van der Waals surface area contributed by atoms with Crippen LogP contribution in [0.25, 0.3) is 0 Å². The first-order valence-electron chi connectivity index (χ1n) is 7.33. The third kappa shape index (κ3) is 2.71. The maximum atomic E-state index is 12.8. The molecule has 0 unspecified atom stereocenters. The van der Waals surface area contributed by atoms with Crippen LogP contribution in [-0.2, 0) is 9.84 Å². The SMILES string of the molecule is COc1ccc([C@@H]2[C@@H](C#N)[C@@H]2S(=O)(=O)c2ccc(C)cc2)cc1. The molecule has 0 heterocycles. The molecule has 0 amide bonds. The van der Waals surface area contributed by atoms with Gasteiger partial charge in [0.15, 0.2) is 9.84 Å². The molecule has 1 aliphatic carbocycles. The molecule has 23 heavy (non-hydrogen) atoms. The Hall–Kier alpha value is -2.32. The highest BCUT2D eigenvalue weighted by Crippen LogP contribution is 2.53. The molecule has 0 aliphatic heterocycles. The van der Waals surface area contributed by atoms with E-state index in [1.54, 1.807) is 43.5 Å². The van der Waals surface area contributed by atoms with E-state index in [-0.39, 0.29) is 10.8 Å². The molecule has 2 aromatic rings. The first kappa shape index (κ1) is 15.6. The minimum Gasteiger partial charge on any atom is -0.497 e. The summed E-state index contributed by atoms with van der Waals surface area (Å²) in [5.41, 5.74) is 1.86. The maximum Gasteiger partial charge on any atom is 0.183 e. The summed E-state index contributed by atoms with van der Waals surface area (Å²) in [6.45, 7) is 1.91. The van der Waals surface area contributed by atoms with E-state index in [0.717, 1.165) is 11.1 Å². The average molecular weight is 327 g/mol. The van der Waals surface area contributed by atoms with E-state index in [4.69, 9.17) is 4.74 Å². The Morgan fingerprint density at radius 2 is 1.65 bits per heavy atom. The van der Waals surface area contributed by atoms with Gasteiger partial charge in [-0.15, -0.1) is 0 Å². The predicted octanol–water partition coefficient (Wildman–Crippen LogP) is 3.08. The Morgan fingerprint density at radius 3 is 2.17 bits per heavy atom. The van der Waals surface area contributed by atoms with Crippen LogP contribution in [0.4, 0.5) is 0 Å². The zero-order chi connectivity index (χ0) is 16.6. The fourth-order valence-corrected chi connectivity index (χ4v) is 5.00. The van der Waals surface area contributed by atoms with Crippen molar-refractivity contribution in [1.82, 2.24) is 0 Å². The molecule has 118 valence electrons. The molecule has 0 radical (unpaired) electrons. The molecule has 1 fully saturated rings. The second kappa shape index (κ2) is 5.71. The van der Waals surface area contributed by atoms with E-state index in [0.29, 0.717) is 5.75 Å². The predicted molar refractivity (Wildman–Crippen MR) is 87.0 cm³/mol. The number of aryl methyl sites for hydroxylation is 1. The average Bonchev–Trinajstić information content (AvgIpc) is 3.31. The van der Waals surface area contributed by atoms with Crippen LogP contribution in [0.3, 0.4) is 0 Å². The fourth-order valence-electron chi connectivity index (χ4n) is 2.93. The topological polar surface area (TPSA) is 67.2 Å². The number of hydrogen-bond donors (Lipinski definition) is 0. The highest BCUT2D eigenvalue weighted by Gasteiger charge is 2.59. The lowest BCUT2D eigenvalue weighted by Gasteiger charge is -2.05. The van der Waals surface area contributed by atoms with Gasteiger partial charge in [-0.1, -0.05) is 29.8 Å². The smallest absolute Gasteiger partial charge is 0.183 e. The summed E-state index contributed by atoms with van der Waals surface area (Å²) in [5, 5.41) is 8.65. The summed E-state index contributed by atoms with van der Waals surface area (Å²) in [6.07, 6.45) is 0. The molecular weight excluding hydrogens is 310 g/mol. The van der Waals surface area contributed by atoms with E-state index in [1.165, 1.54) is 0 Å². The molecule has 1 saturated carbocycles. The highest BCUT2D eigenvalue weighted by atomic mass is 32.2. The van der Waals surface area contributed by atoms with Gasteiger partial charge in [0.05, 0.1) is 29.2 Å². The number of nitrogens with zero attached hydrogens (tertiary/aromatic N) is 1. The van der Waals surface area contributed by atoms with Crippen molar-refractivity contribution in [2.24, 2.45) is 5.92 Å². The zero-order valence-corrected chi connectivity index (χ0v) is 13.7. The second-order valence-corrected chi connectivity index (χ2v) is 7.88. The first-order valence-corrected chi connectivity index (χ1v) is 8.88. The van der Waals surface area contributed by atoms with Crippen LogP contribution in [0, 0.1) is 24.2 Å². The molecule has 1 aliphatic rings.